The lowest BCUT2D eigenvalue weighted by Crippen LogP contribution is -2.31. The fraction of sp³-hybridized carbons (Fsp3) is 1.00. The van der Waals surface area contributed by atoms with Gasteiger partial charge >= 0.3 is 0 Å². The fourth-order valence-corrected chi connectivity index (χ4v) is 1.58. The van der Waals surface area contributed by atoms with Gasteiger partial charge in [0.15, 0.2) is 0 Å². The van der Waals surface area contributed by atoms with Crippen LogP contribution >= 0.6 is 11.8 Å². The number of hydrogen-bond acceptors (Lipinski definition) is 5. The molecule has 4 nitrogen and oxygen atoms in total. The van der Waals surface area contributed by atoms with Crippen molar-refractivity contribution in [2.75, 3.05) is 51.5 Å². The minimum atomic E-state index is -0.420. The SMILES string of the molecule is CCOCCOCC(O)CNCCCSC. The van der Waals surface area contributed by atoms with Gasteiger partial charge in [-0.25, -0.2) is 0 Å². The molecule has 0 aliphatic heterocycles. The summed E-state index contributed by atoms with van der Waals surface area (Å²) >= 11 is 1.84. The van der Waals surface area contributed by atoms with Gasteiger partial charge in [0.1, 0.15) is 0 Å². The summed E-state index contributed by atoms with van der Waals surface area (Å²) in [6, 6.07) is 0. The minimum Gasteiger partial charge on any atom is -0.389 e. The second kappa shape index (κ2) is 13.3. The monoisotopic (exact) mass is 251 g/mol. The third-order valence-electron chi connectivity index (χ3n) is 1.97. The number of aliphatic hydroxyl groups is 1. The fourth-order valence-electron chi connectivity index (χ4n) is 1.15. The van der Waals surface area contributed by atoms with Crippen LogP contribution in [0.2, 0.25) is 0 Å². The van der Waals surface area contributed by atoms with Crippen molar-refractivity contribution < 1.29 is 14.6 Å². The van der Waals surface area contributed by atoms with Crippen molar-refractivity contribution in [1.29, 1.82) is 0 Å². The summed E-state index contributed by atoms with van der Waals surface area (Å²) in [6.45, 7) is 5.75. The molecule has 0 saturated carbocycles. The molecule has 0 saturated heterocycles. The van der Waals surface area contributed by atoms with Crippen molar-refractivity contribution in [1.82, 2.24) is 5.32 Å². The van der Waals surface area contributed by atoms with Gasteiger partial charge in [0.05, 0.1) is 25.9 Å². The maximum atomic E-state index is 9.53. The molecule has 0 aromatic rings. The van der Waals surface area contributed by atoms with Crippen molar-refractivity contribution in [3.05, 3.63) is 0 Å². The van der Waals surface area contributed by atoms with Gasteiger partial charge in [-0.05, 0) is 31.9 Å². The van der Waals surface area contributed by atoms with Crippen LogP contribution in [0.1, 0.15) is 13.3 Å². The third-order valence-corrected chi connectivity index (χ3v) is 2.67. The molecule has 0 aliphatic carbocycles. The van der Waals surface area contributed by atoms with Crippen molar-refractivity contribution in [2.24, 2.45) is 0 Å². The molecule has 0 bridgehead atoms. The van der Waals surface area contributed by atoms with Crippen LogP contribution in [0.3, 0.4) is 0 Å². The van der Waals surface area contributed by atoms with E-state index in [1.54, 1.807) is 0 Å². The predicted molar refractivity (Wildman–Crippen MR) is 69.2 cm³/mol. The molecule has 1 atom stereocenters. The van der Waals surface area contributed by atoms with Gasteiger partial charge in [-0.1, -0.05) is 0 Å². The first-order chi connectivity index (χ1) is 7.81. The van der Waals surface area contributed by atoms with Crippen LogP contribution in [0.15, 0.2) is 0 Å². The summed E-state index contributed by atoms with van der Waals surface area (Å²) in [6.07, 6.45) is 2.82. The van der Waals surface area contributed by atoms with E-state index in [9.17, 15) is 5.11 Å². The second-order valence-corrected chi connectivity index (χ2v) is 4.46. The standard InChI is InChI=1S/C11H25NO3S/c1-3-14-6-7-15-10-11(13)9-12-5-4-8-16-2/h11-13H,3-10H2,1-2H3. The average Bonchev–Trinajstić information content (AvgIpc) is 2.28. The van der Waals surface area contributed by atoms with Crippen LogP contribution in [0.5, 0.6) is 0 Å². The van der Waals surface area contributed by atoms with Crippen molar-refractivity contribution in [2.45, 2.75) is 19.4 Å². The van der Waals surface area contributed by atoms with E-state index in [1.807, 2.05) is 18.7 Å². The Morgan fingerprint density at radius 1 is 1.31 bits per heavy atom. The zero-order chi connectivity index (χ0) is 12.1. The summed E-state index contributed by atoms with van der Waals surface area (Å²) in [4.78, 5) is 0. The van der Waals surface area contributed by atoms with Gasteiger partial charge in [0.2, 0.25) is 0 Å². The highest BCUT2D eigenvalue weighted by molar-refractivity contribution is 7.98. The topological polar surface area (TPSA) is 50.7 Å². The Hall–Kier alpha value is 0.190. The highest BCUT2D eigenvalue weighted by atomic mass is 32.2. The Morgan fingerprint density at radius 2 is 2.06 bits per heavy atom. The molecular formula is C11H25NO3S. The van der Waals surface area contributed by atoms with E-state index in [2.05, 4.69) is 11.6 Å². The molecule has 16 heavy (non-hydrogen) atoms. The molecular weight excluding hydrogens is 226 g/mol. The number of nitrogens with one attached hydrogen (secondary N) is 1. The van der Waals surface area contributed by atoms with E-state index in [1.165, 1.54) is 0 Å². The number of rotatable bonds is 12. The van der Waals surface area contributed by atoms with Crippen LogP contribution in [-0.4, -0.2) is 62.7 Å². The van der Waals surface area contributed by atoms with E-state index in [-0.39, 0.29) is 0 Å². The number of ether oxygens (including phenoxy) is 2. The smallest absolute Gasteiger partial charge is 0.0897 e. The van der Waals surface area contributed by atoms with Crippen LogP contribution in [-0.2, 0) is 9.47 Å². The van der Waals surface area contributed by atoms with Crippen molar-refractivity contribution in [3.63, 3.8) is 0 Å². The molecule has 98 valence electrons. The largest absolute Gasteiger partial charge is 0.389 e. The van der Waals surface area contributed by atoms with E-state index in [0.29, 0.717) is 33.0 Å². The third kappa shape index (κ3) is 12.3. The lowest BCUT2D eigenvalue weighted by Gasteiger charge is -2.12. The number of aliphatic hydroxyl groups excluding tert-OH is 1. The summed E-state index contributed by atoms with van der Waals surface area (Å²) in [5, 5.41) is 12.7. The highest BCUT2D eigenvalue weighted by Crippen LogP contribution is 1.93. The Bertz CT molecular complexity index is 124. The summed E-state index contributed by atoms with van der Waals surface area (Å²) in [7, 11) is 0. The molecule has 0 amide bonds. The molecule has 5 heteroatoms. The normalized spacial score (nSPS) is 12.9. The first-order valence-corrected chi connectivity index (χ1v) is 7.23. The molecule has 0 spiro atoms. The lowest BCUT2D eigenvalue weighted by molar-refractivity contribution is 0.00658. The molecule has 0 radical (unpaired) electrons. The predicted octanol–water partition coefficient (Wildman–Crippen LogP) is 0.743. The van der Waals surface area contributed by atoms with E-state index in [0.717, 1.165) is 18.7 Å². The molecule has 0 fully saturated rings. The van der Waals surface area contributed by atoms with Crippen molar-refractivity contribution >= 4 is 11.8 Å². The molecule has 0 rings (SSSR count). The van der Waals surface area contributed by atoms with Crippen LogP contribution in [0, 0.1) is 0 Å². The summed E-state index contributed by atoms with van der Waals surface area (Å²) in [5.41, 5.74) is 0. The lowest BCUT2D eigenvalue weighted by atomic mass is 10.3. The summed E-state index contributed by atoms with van der Waals surface area (Å²) < 4.78 is 10.4. The van der Waals surface area contributed by atoms with E-state index < -0.39 is 6.10 Å². The maximum absolute atomic E-state index is 9.53. The molecule has 0 aromatic carbocycles. The first-order valence-electron chi connectivity index (χ1n) is 5.84. The molecule has 0 aromatic heterocycles. The van der Waals surface area contributed by atoms with Gasteiger partial charge in [-0.15, -0.1) is 0 Å². The Balaban J connectivity index is 3.09. The molecule has 0 heterocycles. The van der Waals surface area contributed by atoms with Crippen LogP contribution in [0.25, 0.3) is 0 Å². The first kappa shape index (κ1) is 16.2. The van der Waals surface area contributed by atoms with Gasteiger partial charge in [-0.3, -0.25) is 0 Å². The second-order valence-electron chi connectivity index (χ2n) is 3.48. The van der Waals surface area contributed by atoms with Gasteiger partial charge in [0.25, 0.3) is 0 Å². The zero-order valence-electron chi connectivity index (χ0n) is 10.4. The maximum Gasteiger partial charge on any atom is 0.0897 e. The quantitative estimate of drug-likeness (QED) is 0.501. The van der Waals surface area contributed by atoms with Crippen molar-refractivity contribution in [3.8, 4) is 0 Å². The molecule has 1 unspecified atom stereocenters. The zero-order valence-corrected chi connectivity index (χ0v) is 11.2. The molecule has 2 N–H and O–H groups in total. The molecule has 0 aliphatic rings. The highest BCUT2D eigenvalue weighted by Gasteiger charge is 2.02. The van der Waals surface area contributed by atoms with E-state index >= 15 is 0 Å². The Labute approximate surface area is 103 Å². The minimum absolute atomic E-state index is 0.378. The van der Waals surface area contributed by atoms with Gasteiger partial charge < -0.3 is 19.9 Å². The number of thioether (sulfide) groups is 1. The Morgan fingerprint density at radius 3 is 2.75 bits per heavy atom. The van der Waals surface area contributed by atoms with Gasteiger partial charge in [0, 0.05) is 13.2 Å². The van der Waals surface area contributed by atoms with Crippen LogP contribution in [0.4, 0.5) is 0 Å². The van der Waals surface area contributed by atoms with Gasteiger partial charge in [-0.2, -0.15) is 11.8 Å². The number of hydrogen-bond donors (Lipinski definition) is 2. The summed E-state index contributed by atoms with van der Waals surface area (Å²) in [5.74, 6) is 1.16. The van der Waals surface area contributed by atoms with Crippen LogP contribution < -0.4 is 5.32 Å². The Kier molecular flexibility index (Phi) is 13.4. The average molecular weight is 251 g/mol. The van der Waals surface area contributed by atoms with E-state index in [4.69, 9.17) is 9.47 Å².